The number of anilines is 1. The smallest absolute Gasteiger partial charge is 0.129 e. The van der Waals surface area contributed by atoms with Crippen molar-refractivity contribution >= 4 is 5.82 Å². The van der Waals surface area contributed by atoms with E-state index in [0.29, 0.717) is 6.04 Å². The highest BCUT2D eigenvalue weighted by molar-refractivity contribution is 5.43. The molecule has 0 spiro atoms. The first-order valence-electron chi connectivity index (χ1n) is 7.30. The Bertz CT molecular complexity index is 439. The minimum absolute atomic E-state index is 0.392. The van der Waals surface area contributed by atoms with Gasteiger partial charge in [-0.3, -0.25) is 0 Å². The second-order valence-corrected chi connectivity index (χ2v) is 5.37. The fourth-order valence-electron chi connectivity index (χ4n) is 2.33. The molecule has 1 N–H and O–H groups in total. The van der Waals surface area contributed by atoms with E-state index in [9.17, 15) is 0 Å². The van der Waals surface area contributed by atoms with Crippen LogP contribution in [0.5, 0.6) is 0 Å². The number of nitrogens with zero attached hydrogens (tertiary/aromatic N) is 2. The maximum atomic E-state index is 4.52. The van der Waals surface area contributed by atoms with Crippen LogP contribution >= 0.6 is 0 Å². The summed E-state index contributed by atoms with van der Waals surface area (Å²) in [5.74, 6) is 1.10. The molecule has 104 valence electrons. The molecule has 2 heterocycles. The number of hydrogen-bond acceptors (Lipinski definition) is 3. The van der Waals surface area contributed by atoms with Gasteiger partial charge in [-0.2, -0.15) is 0 Å². The van der Waals surface area contributed by atoms with E-state index in [1.165, 1.54) is 17.6 Å². The van der Waals surface area contributed by atoms with Gasteiger partial charge in [0.2, 0.25) is 0 Å². The Morgan fingerprint density at radius 3 is 3.00 bits per heavy atom. The van der Waals surface area contributed by atoms with E-state index in [0.717, 1.165) is 31.9 Å². The molecule has 19 heavy (non-hydrogen) atoms. The lowest BCUT2D eigenvalue weighted by atomic mass is 10.1. The standard InChI is InChI=1S/C16H25N3/c1-4-8-17-14(3)15-5-9-18-16(12-15)19-10-6-13(2)7-11-19/h5-6,9,12,14,17H,4,7-8,10-11H2,1-3H3. The second kappa shape index (κ2) is 6.71. The first-order chi connectivity index (χ1) is 9.20. The van der Waals surface area contributed by atoms with Gasteiger partial charge >= 0.3 is 0 Å². The fourth-order valence-corrected chi connectivity index (χ4v) is 2.33. The lowest BCUT2D eigenvalue weighted by Crippen LogP contribution is -2.29. The van der Waals surface area contributed by atoms with Gasteiger partial charge in [0, 0.05) is 25.3 Å². The van der Waals surface area contributed by atoms with Gasteiger partial charge in [-0.05, 0) is 50.9 Å². The molecule has 0 radical (unpaired) electrons. The third-order valence-electron chi connectivity index (χ3n) is 3.73. The van der Waals surface area contributed by atoms with Gasteiger partial charge in [0.15, 0.2) is 0 Å². The topological polar surface area (TPSA) is 28.2 Å². The molecule has 0 saturated carbocycles. The Morgan fingerprint density at radius 2 is 2.32 bits per heavy atom. The van der Waals surface area contributed by atoms with Crippen LogP contribution in [0.3, 0.4) is 0 Å². The molecular formula is C16H25N3. The third kappa shape index (κ3) is 3.80. The molecule has 1 aliphatic heterocycles. The van der Waals surface area contributed by atoms with Gasteiger partial charge in [0.25, 0.3) is 0 Å². The Hall–Kier alpha value is -1.35. The van der Waals surface area contributed by atoms with Crippen molar-refractivity contribution in [2.45, 2.75) is 39.7 Å². The molecule has 2 rings (SSSR count). The quantitative estimate of drug-likeness (QED) is 0.822. The minimum Gasteiger partial charge on any atom is -0.353 e. The molecule has 3 heteroatoms. The van der Waals surface area contributed by atoms with Crippen molar-refractivity contribution in [1.29, 1.82) is 0 Å². The maximum absolute atomic E-state index is 4.52. The van der Waals surface area contributed by atoms with Gasteiger partial charge in [-0.15, -0.1) is 0 Å². The van der Waals surface area contributed by atoms with Crippen LogP contribution in [-0.4, -0.2) is 24.6 Å². The molecule has 1 unspecified atom stereocenters. The van der Waals surface area contributed by atoms with E-state index in [1.807, 2.05) is 6.20 Å². The van der Waals surface area contributed by atoms with E-state index in [2.05, 4.69) is 54.2 Å². The zero-order valence-corrected chi connectivity index (χ0v) is 12.3. The summed E-state index contributed by atoms with van der Waals surface area (Å²) in [5, 5.41) is 3.53. The van der Waals surface area contributed by atoms with Gasteiger partial charge < -0.3 is 10.2 Å². The lowest BCUT2D eigenvalue weighted by molar-refractivity contribution is 0.570. The molecule has 0 saturated heterocycles. The van der Waals surface area contributed by atoms with Crippen molar-refractivity contribution in [1.82, 2.24) is 10.3 Å². The van der Waals surface area contributed by atoms with E-state index in [-0.39, 0.29) is 0 Å². The molecule has 1 aliphatic rings. The maximum Gasteiger partial charge on any atom is 0.129 e. The zero-order valence-electron chi connectivity index (χ0n) is 12.3. The number of aromatic nitrogens is 1. The van der Waals surface area contributed by atoms with E-state index < -0.39 is 0 Å². The van der Waals surface area contributed by atoms with Gasteiger partial charge in [-0.25, -0.2) is 4.98 Å². The van der Waals surface area contributed by atoms with Crippen molar-refractivity contribution in [3.05, 3.63) is 35.5 Å². The summed E-state index contributed by atoms with van der Waals surface area (Å²) in [4.78, 5) is 6.87. The molecular weight excluding hydrogens is 234 g/mol. The Balaban J connectivity index is 2.06. The molecule has 1 aromatic heterocycles. The fraction of sp³-hybridized carbons (Fsp3) is 0.562. The average molecular weight is 259 g/mol. The molecule has 0 aromatic carbocycles. The molecule has 0 bridgehead atoms. The number of nitrogens with one attached hydrogen (secondary N) is 1. The van der Waals surface area contributed by atoms with Crippen LogP contribution in [0.1, 0.15) is 45.2 Å². The predicted molar refractivity (Wildman–Crippen MR) is 81.5 cm³/mol. The molecule has 3 nitrogen and oxygen atoms in total. The van der Waals surface area contributed by atoms with Crippen LogP contribution in [0.25, 0.3) is 0 Å². The SMILES string of the molecule is CCCNC(C)c1ccnc(N2CC=C(C)CC2)c1. The highest BCUT2D eigenvalue weighted by Crippen LogP contribution is 2.21. The van der Waals surface area contributed by atoms with Gasteiger partial charge in [-0.1, -0.05) is 18.6 Å². The highest BCUT2D eigenvalue weighted by Gasteiger charge is 2.13. The Kier molecular flexibility index (Phi) is 4.97. The molecule has 0 aliphatic carbocycles. The third-order valence-corrected chi connectivity index (χ3v) is 3.73. The summed E-state index contributed by atoms with van der Waals surface area (Å²) >= 11 is 0. The van der Waals surface area contributed by atoms with Crippen LogP contribution in [0.15, 0.2) is 30.0 Å². The summed E-state index contributed by atoms with van der Waals surface area (Å²) in [6.45, 7) is 9.74. The molecule has 0 fully saturated rings. The van der Waals surface area contributed by atoms with Gasteiger partial charge in [0.1, 0.15) is 5.82 Å². The van der Waals surface area contributed by atoms with E-state index in [4.69, 9.17) is 0 Å². The minimum atomic E-state index is 0.392. The normalized spacial score (nSPS) is 17.2. The monoisotopic (exact) mass is 259 g/mol. The summed E-state index contributed by atoms with van der Waals surface area (Å²) in [7, 11) is 0. The van der Waals surface area contributed by atoms with Crippen molar-refractivity contribution in [2.24, 2.45) is 0 Å². The summed E-state index contributed by atoms with van der Waals surface area (Å²) in [6.07, 6.45) is 6.55. The number of rotatable bonds is 5. The summed E-state index contributed by atoms with van der Waals surface area (Å²) < 4.78 is 0. The van der Waals surface area contributed by atoms with Crippen LogP contribution in [-0.2, 0) is 0 Å². The largest absolute Gasteiger partial charge is 0.353 e. The first kappa shape index (κ1) is 14.1. The van der Waals surface area contributed by atoms with Crippen LogP contribution < -0.4 is 10.2 Å². The average Bonchev–Trinajstić information content (AvgIpc) is 2.45. The Morgan fingerprint density at radius 1 is 1.47 bits per heavy atom. The zero-order chi connectivity index (χ0) is 13.7. The van der Waals surface area contributed by atoms with E-state index >= 15 is 0 Å². The van der Waals surface area contributed by atoms with Crippen LogP contribution in [0.4, 0.5) is 5.82 Å². The van der Waals surface area contributed by atoms with Crippen molar-refractivity contribution in [3.63, 3.8) is 0 Å². The molecule has 1 atom stereocenters. The van der Waals surface area contributed by atoms with Crippen molar-refractivity contribution in [2.75, 3.05) is 24.5 Å². The van der Waals surface area contributed by atoms with Crippen LogP contribution in [0.2, 0.25) is 0 Å². The Labute approximate surface area is 116 Å². The predicted octanol–water partition coefficient (Wildman–Crippen LogP) is 3.30. The molecule has 1 aromatic rings. The summed E-state index contributed by atoms with van der Waals surface area (Å²) in [6, 6.07) is 4.73. The summed E-state index contributed by atoms with van der Waals surface area (Å²) in [5.41, 5.74) is 2.81. The molecule has 0 amide bonds. The van der Waals surface area contributed by atoms with Crippen LogP contribution in [0, 0.1) is 0 Å². The highest BCUT2D eigenvalue weighted by atomic mass is 15.2. The first-order valence-corrected chi connectivity index (χ1v) is 7.30. The lowest BCUT2D eigenvalue weighted by Gasteiger charge is -2.27. The van der Waals surface area contributed by atoms with E-state index in [1.54, 1.807) is 0 Å². The van der Waals surface area contributed by atoms with Gasteiger partial charge in [0.05, 0.1) is 0 Å². The second-order valence-electron chi connectivity index (χ2n) is 5.37. The number of pyridine rings is 1. The van der Waals surface area contributed by atoms with Crippen molar-refractivity contribution < 1.29 is 0 Å². The van der Waals surface area contributed by atoms with Crippen molar-refractivity contribution in [3.8, 4) is 0 Å². The number of hydrogen-bond donors (Lipinski definition) is 1.